The first-order valence-electron chi connectivity index (χ1n) is 9.80. The number of ketones is 1. The van der Waals surface area contributed by atoms with E-state index in [4.69, 9.17) is 4.74 Å². The number of hydrogen-bond acceptors (Lipinski definition) is 7. The van der Waals surface area contributed by atoms with E-state index < -0.39 is 22.1 Å². The minimum Gasteiger partial charge on any atom is -0.451 e. The largest absolute Gasteiger partial charge is 0.451 e. The Morgan fingerprint density at radius 3 is 2.68 bits per heavy atom. The number of carbonyl (C=O) groups excluding carboxylic acids is 3. The summed E-state index contributed by atoms with van der Waals surface area (Å²) >= 11 is 0. The minimum absolute atomic E-state index is 0.0477. The molecule has 9 nitrogen and oxygen atoms in total. The fraction of sp³-hybridized carbons (Fsp3) is 0.333. The lowest BCUT2D eigenvalue weighted by Crippen LogP contribution is -2.37. The Morgan fingerprint density at radius 1 is 1.16 bits per heavy atom. The zero-order chi connectivity index (χ0) is 22.3. The number of hydrogen-bond donors (Lipinski definition) is 0. The highest BCUT2D eigenvalue weighted by atomic mass is 32.2. The number of anilines is 1. The number of benzene rings is 1. The summed E-state index contributed by atoms with van der Waals surface area (Å²) in [4.78, 5) is 40.2. The molecular weight excluding hydrogens is 422 g/mol. The topological polar surface area (TPSA) is 113 Å². The van der Waals surface area contributed by atoms with Crippen LogP contribution in [0.3, 0.4) is 0 Å². The Labute approximate surface area is 179 Å². The molecule has 3 aliphatic heterocycles. The van der Waals surface area contributed by atoms with E-state index in [9.17, 15) is 22.8 Å². The maximum Gasteiger partial charge on any atom is 0.340 e. The molecule has 1 aromatic carbocycles. The van der Waals surface area contributed by atoms with Gasteiger partial charge in [0, 0.05) is 37.5 Å². The van der Waals surface area contributed by atoms with Crippen LogP contribution < -0.4 is 4.90 Å². The molecule has 4 rings (SSSR count). The van der Waals surface area contributed by atoms with Crippen LogP contribution in [0.4, 0.5) is 5.69 Å². The Hall–Kier alpha value is -3.27. The van der Waals surface area contributed by atoms with Crippen molar-refractivity contribution in [1.82, 2.24) is 4.90 Å². The molecular formula is C21H21N3O6S. The van der Waals surface area contributed by atoms with Crippen LogP contribution in [0.5, 0.6) is 0 Å². The maximum absolute atomic E-state index is 12.8. The summed E-state index contributed by atoms with van der Waals surface area (Å²) in [6.07, 6.45) is 3.97. The smallest absolute Gasteiger partial charge is 0.340 e. The fourth-order valence-electron chi connectivity index (χ4n) is 3.72. The fourth-order valence-corrected chi connectivity index (χ4v) is 4.69. The van der Waals surface area contributed by atoms with E-state index in [2.05, 4.69) is 4.40 Å². The zero-order valence-corrected chi connectivity index (χ0v) is 17.9. The van der Waals surface area contributed by atoms with Crippen molar-refractivity contribution < 1.29 is 27.5 Å². The third kappa shape index (κ3) is 4.15. The lowest BCUT2D eigenvalue weighted by molar-refractivity contribution is -0.141. The van der Waals surface area contributed by atoms with E-state index in [1.807, 2.05) is 0 Å². The number of esters is 1. The van der Waals surface area contributed by atoms with Gasteiger partial charge in [-0.15, -0.1) is 4.40 Å². The summed E-state index contributed by atoms with van der Waals surface area (Å²) in [5, 5.41) is 0. The van der Waals surface area contributed by atoms with Gasteiger partial charge in [0.1, 0.15) is 5.84 Å². The Balaban J connectivity index is 1.44. The molecule has 31 heavy (non-hydrogen) atoms. The van der Waals surface area contributed by atoms with E-state index in [0.717, 1.165) is 11.3 Å². The number of sulfonamides is 1. The van der Waals surface area contributed by atoms with Gasteiger partial charge in [0.2, 0.25) is 11.7 Å². The molecule has 0 radical (unpaired) electrons. The molecule has 0 saturated carbocycles. The van der Waals surface area contributed by atoms with Crippen LogP contribution >= 0.6 is 0 Å². The highest BCUT2D eigenvalue weighted by Crippen LogP contribution is 2.29. The monoisotopic (exact) mass is 443 g/mol. The van der Waals surface area contributed by atoms with Gasteiger partial charge in [-0.25, -0.2) is 13.2 Å². The first-order valence-corrected chi connectivity index (χ1v) is 11.4. The summed E-state index contributed by atoms with van der Waals surface area (Å²) in [6.45, 7) is 3.77. The van der Waals surface area contributed by atoms with Crippen molar-refractivity contribution in [3.63, 3.8) is 0 Å². The molecule has 0 saturated heterocycles. The quantitative estimate of drug-likeness (QED) is 0.508. The molecule has 1 amide bonds. The summed E-state index contributed by atoms with van der Waals surface area (Å²) in [6, 6.07) is 5.11. The molecule has 0 bridgehead atoms. The average Bonchev–Trinajstić information content (AvgIpc) is 3.15. The number of carbonyl (C=O) groups is 3. The van der Waals surface area contributed by atoms with Gasteiger partial charge < -0.3 is 14.5 Å². The number of rotatable bonds is 4. The maximum atomic E-state index is 12.8. The van der Waals surface area contributed by atoms with Gasteiger partial charge in [-0.3, -0.25) is 9.59 Å². The lowest BCUT2D eigenvalue weighted by atomic mass is 10.0. The highest BCUT2D eigenvalue weighted by Gasteiger charge is 2.28. The number of fused-ring (bicyclic) bond motifs is 2. The van der Waals surface area contributed by atoms with Gasteiger partial charge in [-0.2, -0.15) is 0 Å². The second-order valence-electron chi connectivity index (χ2n) is 7.52. The molecule has 1 aromatic rings. The number of amidine groups is 1. The zero-order valence-electron chi connectivity index (χ0n) is 17.1. The highest BCUT2D eigenvalue weighted by molar-refractivity contribution is 7.90. The SMILES string of the molecule is CC(=O)N1CCc2cc(C(=O)[C@H](C)OC(=O)C3=CN4CCS(=O)(=O)N=C4C=C3)ccc21. The average molecular weight is 443 g/mol. The molecule has 0 spiro atoms. The number of Topliss-reactive ketones (excluding diaryl/α,β-unsaturated/α-hetero) is 1. The molecule has 0 fully saturated rings. The van der Waals surface area contributed by atoms with Gasteiger partial charge in [0.15, 0.2) is 6.10 Å². The summed E-state index contributed by atoms with van der Waals surface area (Å²) in [5.74, 6) is -0.979. The third-order valence-electron chi connectivity index (χ3n) is 5.35. The molecule has 3 heterocycles. The van der Waals surface area contributed by atoms with Crippen LogP contribution in [0.15, 0.2) is 46.5 Å². The van der Waals surface area contributed by atoms with E-state index in [1.165, 1.54) is 32.2 Å². The van der Waals surface area contributed by atoms with Crippen LogP contribution in [-0.2, 0) is 30.8 Å². The van der Waals surface area contributed by atoms with Crippen molar-refractivity contribution in [2.45, 2.75) is 26.4 Å². The van der Waals surface area contributed by atoms with Crippen molar-refractivity contribution in [3.8, 4) is 0 Å². The molecule has 0 unspecified atom stereocenters. The van der Waals surface area contributed by atoms with E-state index >= 15 is 0 Å². The van der Waals surface area contributed by atoms with Gasteiger partial charge in [-0.1, -0.05) is 0 Å². The normalized spacial score (nSPS) is 19.7. The van der Waals surface area contributed by atoms with E-state index in [1.54, 1.807) is 28.0 Å². The summed E-state index contributed by atoms with van der Waals surface area (Å²) < 4.78 is 32.2. The Bertz CT molecular complexity index is 1180. The van der Waals surface area contributed by atoms with Crippen molar-refractivity contribution in [2.75, 3.05) is 23.7 Å². The Kier molecular flexibility index (Phi) is 5.26. The number of amides is 1. The van der Waals surface area contributed by atoms with Crippen molar-refractivity contribution in [3.05, 3.63) is 53.3 Å². The van der Waals surface area contributed by atoms with Gasteiger partial charge in [0.05, 0.1) is 11.3 Å². The van der Waals surface area contributed by atoms with E-state index in [0.29, 0.717) is 18.5 Å². The van der Waals surface area contributed by atoms with E-state index in [-0.39, 0.29) is 35.4 Å². The predicted molar refractivity (Wildman–Crippen MR) is 113 cm³/mol. The second-order valence-corrected chi connectivity index (χ2v) is 9.28. The molecule has 10 heteroatoms. The number of nitrogens with zero attached hydrogens (tertiary/aromatic N) is 3. The molecule has 1 atom stereocenters. The Morgan fingerprint density at radius 2 is 1.94 bits per heavy atom. The van der Waals surface area contributed by atoms with Crippen LogP contribution in [0.1, 0.15) is 29.8 Å². The van der Waals surface area contributed by atoms with Crippen LogP contribution in [0.2, 0.25) is 0 Å². The minimum atomic E-state index is -3.48. The number of ether oxygens (including phenoxy) is 1. The third-order valence-corrected chi connectivity index (χ3v) is 6.52. The molecule has 3 aliphatic rings. The predicted octanol–water partition coefficient (Wildman–Crippen LogP) is 1.21. The van der Waals surface area contributed by atoms with Gasteiger partial charge >= 0.3 is 5.97 Å². The van der Waals surface area contributed by atoms with Gasteiger partial charge in [-0.05, 0) is 49.3 Å². The van der Waals surface area contributed by atoms with Crippen molar-refractivity contribution in [1.29, 1.82) is 0 Å². The molecule has 0 N–H and O–H groups in total. The van der Waals surface area contributed by atoms with Crippen molar-refractivity contribution >= 4 is 39.2 Å². The second kappa shape index (κ2) is 7.77. The molecule has 0 aliphatic carbocycles. The standard InChI is InChI=1S/C21H21N3O6S/c1-13(20(26)16-3-5-18-15(11-16)7-8-24(18)14(2)25)30-21(27)17-4-6-19-22-31(28,29)10-9-23(19)12-17/h3-6,11-13H,7-10H2,1-2H3/t13-/m0/s1. The summed E-state index contributed by atoms with van der Waals surface area (Å²) in [5.41, 5.74) is 2.31. The summed E-state index contributed by atoms with van der Waals surface area (Å²) in [7, 11) is -3.48. The molecule has 0 aromatic heterocycles. The lowest BCUT2D eigenvalue weighted by Gasteiger charge is -2.27. The van der Waals surface area contributed by atoms with Crippen LogP contribution in [0, 0.1) is 0 Å². The van der Waals surface area contributed by atoms with Gasteiger partial charge in [0.25, 0.3) is 10.0 Å². The van der Waals surface area contributed by atoms with Crippen LogP contribution in [-0.4, -0.2) is 61.8 Å². The molecule has 162 valence electrons. The first-order chi connectivity index (χ1) is 14.6. The first kappa shape index (κ1) is 21.0. The van der Waals surface area contributed by atoms with Crippen molar-refractivity contribution in [2.24, 2.45) is 4.40 Å². The van der Waals surface area contributed by atoms with Crippen LogP contribution in [0.25, 0.3) is 0 Å².